The van der Waals surface area contributed by atoms with Crippen LogP contribution in [0, 0.1) is 5.82 Å². The Hall–Kier alpha value is -4.37. The minimum atomic E-state index is -0.422. The molecule has 3 aromatic carbocycles. The van der Waals surface area contributed by atoms with E-state index in [4.69, 9.17) is 0 Å². The van der Waals surface area contributed by atoms with Gasteiger partial charge in [-0.05, 0) is 54.7 Å². The number of hydrogen-bond donors (Lipinski definition) is 2. The van der Waals surface area contributed by atoms with Crippen LogP contribution in [-0.4, -0.2) is 46.7 Å². The first-order valence-electron chi connectivity index (χ1n) is 13.6. The molecule has 7 nitrogen and oxygen atoms in total. The quantitative estimate of drug-likeness (QED) is 0.238. The van der Waals surface area contributed by atoms with E-state index in [2.05, 4.69) is 39.9 Å². The Morgan fingerprint density at radius 2 is 1.54 bits per heavy atom. The zero-order valence-electron chi connectivity index (χ0n) is 22.5. The lowest BCUT2D eigenvalue weighted by Crippen LogP contribution is -2.39. The fraction of sp³-hybridized carbons (Fsp3) is 0.250. The fourth-order valence-corrected chi connectivity index (χ4v) is 5.48. The SMILES string of the molecule is O=C(Cc1csc(NC(=O)CN(C(=O)c2ccc(F)cc2)C2CC2)n1)NCCC(c1ccccc1)c1ccccc1. The van der Waals surface area contributed by atoms with Gasteiger partial charge in [-0.15, -0.1) is 11.3 Å². The van der Waals surface area contributed by atoms with Crippen molar-refractivity contribution in [2.75, 3.05) is 18.4 Å². The molecule has 4 aromatic rings. The summed E-state index contributed by atoms with van der Waals surface area (Å²) in [4.78, 5) is 44.2. The zero-order valence-corrected chi connectivity index (χ0v) is 23.3. The van der Waals surface area contributed by atoms with Crippen LogP contribution in [0.4, 0.5) is 9.52 Å². The number of thiazole rings is 1. The number of anilines is 1. The molecule has 5 rings (SSSR count). The van der Waals surface area contributed by atoms with E-state index in [9.17, 15) is 18.8 Å². The molecule has 0 aliphatic heterocycles. The highest BCUT2D eigenvalue weighted by molar-refractivity contribution is 7.13. The van der Waals surface area contributed by atoms with E-state index in [0.29, 0.717) is 22.9 Å². The number of nitrogens with zero attached hydrogens (tertiary/aromatic N) is 2. The molecule has 0 atom stereocenters. The second-order valence-electron chi connectivity index (χ2n) is 10.1. The molecule has 3 amide bonds. The molecule has 2 N–H and O–H groups in total. The Bertz CT molecular complexity index is 1430. The Morgan fingerprint density at radius 3 is 2.15 bits per heavy atom. The smallest absolute Gasteiger partial charge is 0.254 e. The first-order chi connectivity index (χ1) is 20.0. The molecule has 1 aromatic heterocycles. The highest BCUT2D eigenvalue weighted by Crippen LogP contribution is 2.29. The summed E-state index contributed by atoms with van der Waals surface area (Å²) >= 11 is 1.23. The van der Waals surface area contributed by atoms with Gasteiger partial charge < -0.3 is 15.5 Å². The average Bonchev–Trinajstić information content (AvgIpc) is 3.74. The Morgan fingerprint density at radius 1 is 0.902 bits per heavy atom. The first-order valence-corrected chi connectivity index (χ1v) is 14.5. The van der Waals surface area contributed by atoms with E-state index < -0.39 is 5.82 Å². The highest BCUT2D eigenvalue weighted by atomic mass is 32.1. The van der Waals surface area contributed by atoms with Gasteiger partial charge in [0.15, 0.2) is 5.13 Å². The van der Waals surface area contributed by atoms with Crippen LogP contribution < -0.4 is 10.6 Å². The third-order valence-corrected chi connectivity index (χ3v) is 7.76. The van der Waals surface area contributed by atoms with Crippen molar-refractivity contribution in [3.63, 3.8) is 0 Å². The molecule has 1 aliphatic carbocycles. The number of carbonyl (C=O) groups excluding carboxylic acids is 3. The summed E-state index contributed by atoms with van der Waals surface area (Å²) in [5.41, 5.74) is 3.30. The largest absolute Gasteiger partial charge is 0.356 e. The van der Waals surface area contributed by atoms with Crippen molar-refractivity contribution in [2.45, 2.75) is 37.6 Å². The molecule has 1 heterocycles. The number of rotatable bonds is 12. The van der Waals surface area contributed by atoms with E-state index in [-0.39, 0.29) is 42.6 Å². The van der Waals surface area contributed by atoms with Gasteiger partial charge in [0.05, 0.1) is 12.1 Å². The molecule has 0 radical (unpaired) electrons. The van der Waals surface area contributed by atoms with E-state index in [1.165, 1.54) is 51.6 Å². The summed E-state index contributed by atoms with van der Waals surface area (Å²) in [6.07, 6.45) is 2.51. The fourth-order valence-electron chi connectivity index (χ4n) is 4.75. The number of nitrogens with one attached hydrogen (secondary N) is 2. The van der Waals surface area contributed by atoms with Crippen molar-refractivity contribution >= 4 is 34.2 Å². The van der Waals surface area contributed by atoms with Gasteiger partial charge in [0.25, 0.3) is 5.91 Å². The van der Waals surface area contributed by atoms with Gasteiger partial charge >= 0.3 is 0 Å². The van der Waals surface area contributed by atoms with E-state index in [1.807, 2.05) is 36.4 Å². The normalized spacial score (nSPS) is 12.6. The third kappa shape index (κ3) is 7.85. The van der Waals surface area contributed by atoms with Crippen LogP contribution in [0.3, 0.4) is 0 Å². The summed E-state index contributed by atoms with van der Waals surface area (Å²) in [6, 6.07) is 25.8. The molecule has 210 valence electrons. The average molecular weight is 571 g/mol. The van der Waals surface area contributed by atoms with Gasteiger partial charge in [0, 0.05) is 29.4 Å². The standard InChI is InChI=1S/C32H31FN4O3S/c33-25-13-11-24(12-14-25)31(40)37(27-15-16-27)20-30(39)36-32-35-26(21-41-32)19-29(38)34-18-17-28(22-7-3-1-4-8-22)23-9-5-2-6-10-23/h1-14,21,27-28H,15-20H2,(H,34,38)(H,35,36,39). The molecule has 1 aliphatic rings. The Balaban J connectivity index is 1.11. The summed E-state index contributed by atoms with van der Waals surface area (Å²) in [6.45, 7) is 0.389. The van der Waals surface area contributed by atoms with Gasteiger partial charge in [0.1, 0.15) is 12.4 Å². The maximum atomic E-state index is 13.3. The third-order valence-electron chi connectivity index (χ3n) is 6.95. The number of hydrogen-bond acceptors (Lipinski definition) is 5. The van der Waals surface area contributed by atoms with Gasteiger partial charge in [-0.25, -0.2) is 9.37 Å². The Labute approximate surface area is 242 Å². The van der Waals surface area contributed by atoms with Crippen LogP contribution in [-0.2, 0) is 16.0 Å². The van der Waals surface area contributed by atoms with Gasteiger partial charge in [-0.1, -0.05) is 60.7 Å². The second-order valence-corrected chi connectivity index (χ2v) is 10.9. The minimum absolute atomic E-state index is 0.00256. The van der Waals surface area contributed by atoms with Crippen molar-refractivity contribution < 1.29 is 18.8 Å². The number of benzene rings is 3. The Kier molecular flexibility index (Phi) is 9.15. The summed E-state index contributed by atoms with van der Waals surface area (Å²) in [5, 5.41) is 7.86. The van der Waals surface area contributed by atoms with Gasteiger partial charge in [0.2, 0.25) is 11.8 Å². The van der Waals surface area contributed by atoms with E-state index >= 15 is 0 Å². The van der Waals surface area contributed by atoms with Crippen molar-refractivity contribution in [1.82, 2.24) is 15.2 Å². The number of halogens is 1. The van der Waals surface area contributed by atoms with Crippen LogP contribution in [0.1, 0.15) is 52.4 Å². The van der Waals surface area contributed by atoms with E-state index in [0.717, 1.165) is 19.3 Å². The second kappa shape index (κ2) is 13.3. The first kappa shape index (κ1) is 28.2. The van der Waals surface area contributed by atoms with E-state index in [1.54, 1.807) is 5.38 Å². The molecule has 41 heavy (non-hydrogen) atoms. The van der Waals surface area contributed by atoms with Crippen molar-refractivity contribution in [1.29, 1.82) is 0 Å². The highest BCUT2D eigenvalue weighted by Gasteiger charge is 2.34. The number of carbonyl (C=O) groups is 3. The summed E-state index contributed by atoms with van der Waals surface area (Å²) in [5.74, 6) is -1.07. The zero-order chi connectivity index (χ0) is 28.6. The molecule has 0 saturated heterocycles. The topological polar surface area (TPSA) is 91.4 Å². The number of amides is 3. The van der Waals surface area contributed by atoms with Crippen LogP contribution in [0.2, 0.25) is 0 Å². The maximum absolute atomic E-state index is 13.3. The molecule has 0 unspecified atom stereocenters. The summed E-state index contributed by atoms with van der Waals surface area (Å²) < 4.78 is 13.3. The van der Waals surface area contributed by atoms with Crippen LogP contribution in [0.25, 0.3) is 0 Å². The maximum Gasteiger partial charge on any atom is 0.254 e. The predicted molar refractivity (Wildman–Crippen MR) is 157 cm³/mol. The van der Waals surface area contributed by atoms with Gasteiger partial charge in [-0.2, -0.15) is 0 Å². The van der Waals surface area contributed by atoms with Crippen LogP contribution >= 0.6 is 11.3 Å². The lowest BCUT2D eigenvalue weighted by Gasteiger charge is -2.21. The van der Waals surface area contributed by atoms with Crippen LogP contribution in [0.15, 0.2) is 90.3 Å². The lowest BCUT2D eigenvalue weighted by atomic mass is 9.88. The summed E-state index contributed by atoms with van der Waals surface area (Å²) in [7, 11) is 0. The molecule has 1 saturated carbocycles. The van der Waals surface area contributed by atoms with Crippen molar-refractivity contribution in [3.05, 3.63) is 119 Å². The van der Waals surface area contributed by atoms with Crippen molar-refractivity contribution in [2.24, 2.45) is 0 Å². The molecule has 1 fully saturated rings. The lowest BCUT2D eigenvalue weighted by molar-refractivity contribution is -0.120. The minimum Gasteiger partial charge on any atom is -0.356 e. The van der Waals surface area contributed by atoms with Crippen LogP contribution in [0.5, 0.6) is 0 Å². The molecular formula is C32H31FN4O3S. The molecule has 0 spiro atoms. The monoisotopic (exact) mass is 570 g/mol. The van der Waals surface area contributed by atoms with Gasteiger partial charge in [-0.3, -0.25) is 14.4 Å². The van der Waals surface area contributed by atoms with Crippen molar-refractivity contribution in [3.8, 4) is 0 Å². The molecule has 9 heteroatoms. The number of aromatic nitrogens is 1. The molecule has 0 bridgehead atoms. The predicted octanol–water partition coefficient (Wildman–Crippen LogP) is 5.41. The molecular weight excluding hydrogens is 539 g/mol.